The number of amides is 1. The second-order valence-electron chi connectivity index (χ2n) is 6.14. The van der Waals surface area contributed by atoms with Gasteiger partial charge in [-0.2, -0.15) is 0 Å². The molecule has 4 aromatic rings. The van der Waals surface area contributed by atoms with Crippen LogP contribution in [0.15, 0.2) is 58.6 Å². The molecule has 1 aromatic carbocycles. The lowest BCUT2D eigenvalue weighted by Gasteiger charge is -2.04. The molecule has 0 aliphatic carbocycles. The van der Waals surface area contributed by atoms with E-state index in [0.29, 0.717) is 5.82 Å². The van der Waals surface area contributed by atoms with Crippen LogP contribution in [0.4, 0.5) is 5.82 Å². The summed E-state index contributed by atoms with van der Waals surface area (Å²) in [6.07, 6.45) is 4.94. The van der Waals surface area contributed by atoms with E-state index in [1.54, 1.807) is 12.3 Å². The molecule has 0 radical (unpaired) electrons. The van der Waals surface area contributed by atoms with Crippen molar-refractivity contribution in [3.63, 3.8) is 0 Å². The topological polar surface area (TPSA) is 59.3 Å². The maximum absolute atomic E-state index is 12.4. The highest BCUT2D eigenvalue weighted by Gasteiger charge is 2.13. The number of thiazole rings is 1. The van der Waals surface area contributed by atoms with Crippen molar-refractivity contribution in [2.45, 2.75) is 19.8 Å². The standard InChI is InChI=1S/C20H17BrN4OS/c1-2-13-3-5-14(6-4-13)17-11-25-16(12-27-20(25)23-17)9-19(26)24-18-8-7-15(21)10-22-18/h3-8,10-12H,2,9H2,1H3,(H,22,24,26). The number of anilines is 1. The lowest BCUT2D eigenvalue weighted by atomic mass is 10.1. The van der Waals surface area contributed by atoms with Crippen LogP contribution in [0.5, 0.6) is 0 Å². The molecule has 0 atom stereocenters. The van der Waals surface area contributed by atoms with Gasteiger partial charge in [0.2, 0.25) is 5.91 Å². The van der Waals surface area contributed by atoms with Gasteiger partial charge in [0.05, 0.1) is 12.1 Å². The minimum absolute atomic E-state index is 0.105. The van der Waals surface area contributed by atoms with E-state index in [9.17, 15) is 4.79 Å². The number of nitrogens with zero attached hydrogens (tertiary/aromatic N) is 3. The van der Waals surface area contributed by atoms with E-state index < -0.39 is 0 Å². The zero-order valence-corrected chi connectivity index (χ0v) is 17.0. The maximum Gasteiger partial charge on any atom is 0.231 e. The summed E-state index contributed by atoms with van der Waals surface area (Å²) in [7, 11) is 0. The Labute approximate surface area is 169 Å². The number of halogens is 1. The van der Waals surface area contributed by atoms with Crippen molar-refractivity contribution in [2.75, 3.05) is 5.32 Å². The number of nitrogens with one attached hydrogen (secondary N) is 1. The molecule has 0 spiro atoms. The summed E-state index contributed by atoms with van der Waals surface area (Å²) in [4.78, 5) is 22.1. The fourth-order valence-corrected chi connectivity index (χ4v) is 3.92. The van der Waals surface area contributed by atoms with E-state index in [4.69, 9.17) is 4.98 Å². The number of hydrogen-bond acceptors (Lipinski definition) is 4. The molecule has 0 fully saturated rings. The number of imidazole rings is 1. The lowest BCUT2D eigenvalue weighted by Crippen LogP contribution is -2.16. The molecule has 0 bridgehead atoms. The van der Waals surface area contributed by atoms with Crippen LogP contribution in [0.2, 0.25) is 0 Å². The van der Waals surface area contributed by atoms with Gasteiger partial charge in [0.1, 0.15) is 5.82 Å². The first-order valence-corrected chi connectivity index (χ1v) is 10.3. The number of aromatic nitrogens is 3. The van der Waals surface area contributed by atoms with Crippen LogP contribution in [-0.4, -0.2) is 20.3 Å². The fraction of sp³-hybridized carbons (Fsp3) is 0.150. The zero-order valence-electron chi connectivity index (χ0n) is 14.6. The Bertz CT molecular complexity index is 1080. The van der Waals surface area contributed by atoms with Crippen molar-refractivity contribution < 1.29 is 4.79 Å². The molecule has 0 aliphatic rings. The molecule has 0 saturated heterocycles. The number of pyridine rings is 1. The van der Waals surface area contributed by atoms with E-state index in [1.165, 1.54) is 16.9 Å². The highest BCUT2D eigenvalue weighted by atomic mass is 79.9. The molecule has 27 heavy (non-hydrogen) atoms. The molecule has 136 valence electrons. The minimum Gasteiger partial charge on any atom is -0.310 e. The average Bonchev–Trinajstić information content (AvgIpc) is 3.26. The molecular weight excluding hydrogens is 424 g/mol. The number of fused-ring (bicyclic) bond motifs is 1. The van der Waals surface area contributed by atoms with Crippen LogP contribution in [0, 0.1) is 0 Å². The predicted molar refractivity (Wildman–Crippen MR) is 112 cm³/mol. The Morgan fingerprint density at radius 3 is 2.74 bits per heavy atom. The molecule has 0 aliphatic heterocycles. The summed E-state index contributed by atoms with van der Waals surface area (Å²) < 4.78 is 2.86. The SMILES string of the molecule is CCc1ccc(-c2cn3c(CC(=O)Nc4ccc(Br)cn4)csc3n2)cc1. The second-order valence-corrected chi connectivity index (χ2v) is 7.90. The number of carbonyl (C=O) groups excluding carboxylic acids is 1. The first-order valence-electron chi connectivity index (χ1n) is 8.58. The van der Waals surface area contributed by atoms with Gasteiger partial charge in [0.25, 0.3) is 0 Å². The highest BCUT2D eigenvalue weighted by Crippen LogP contribution is 2.24. The van der Waals surface area contributed by atoms with Crippen molar-refractivity contribution in [1.82, 2.24) is 14.4 Å². The van der Waals surface area contributed by atoms with Gasteiger partial charge in [0, 0.05) is 33.5 Å². The van der Waals surface area contributed by atoms with Crippen molar-refractivity contribution in [3.05, 3.63) is 69.9 Å². The van der Waals surface area contributed by atoms with Gasteiger partial charge in [-0.3, -0.25) is 9.20 Å². The Balaban J connectivity index is 1.53. The summed E-state index contributed by atoms with van der Waals surface area (Å²) in [5.41, 5.74) is 4.21. The summed E-state index contributed by atoms with van der Waals surface area (Å²) in [5.74, 6) is 0.434. The summed E-state index contributed by atoms with van der Waals surface area (Å²) >= 11 is 4.87. The lowest BCUT2D eigenvalue weighted by molar-refractivity contribution is -0.115. The van der Waals surface area contributed by atoms with Gasteiger partial charge in [-0.05, 0) is 40.0 Å². The third kappa shape index (κ3) is 3.94. The average molecular weight is 441 g/mol. The summed E-state index contributed by atoms with van der Waals surface area (Å²) in [5, 5.41) is 4.80. The Kier molecular flexibility index (Phi) is 5.05. The van der Waals surface area contributed by atoms with Crippen LogP contribution < -0.4 is 5.32 Å². The number of benzene rings is 1. The molecule has 3 heterocycles. The summed E-state index contributed by atoms with van der Waals surface area (Å²) in [6, 6.07) is 12.1. The number of carbonyl (C=O) groups is 1. The maximum atomic E-state index is 12.4. The van der Waals surface area contributed by atoms with E-state index in [-0.39, 0.29) is 12.3 Å². The van der Waals surface area contributed by atoms with Crippen LogP contribution in [-0.2, 0) is 17.6 Å². The third-order valence-electron chi connectivity index (χ3n) is 4.28. The molecule has 5 nitrogen and oxygen atoms in total. The third-order valence-corrected chi connectivity index (χ3v) is 5.64. The molecule has 1 N–H and O–H groups in total. The minimum atomic E-state index is -0.105. The van der Waals surface area contributed by atoms with E-state index in [1.807, 2.05) is 22.0 Å². The van der Waals surface area contributed by atoms with Gasteiger partial charge in [-0.15, -0.1) is 11.3 Å². The molecule has 1 amide bonds. The largest absolute Gasteiger partial charge is 0.310 e. The monoisotopic (exact) mass is 440 g/mol. The molecular formula is C20H17BrN4OS. The zero-order chi connectivity index (χ0) is 18.8. The Morgan fingerprint density at radius 1 is 1.22 bits per heavy atom. The molecule has 4 rings (SSSR count). The van der Waals surface area contributed by atoms with Crippen molar-refractivity contribution in [2.24, 2.45) is 0 Å². The molecule has 3 aromatic heterocycles. The summed E-state index contributed by atoms with van der Waals surface area (Å²) in [6.45, 7) is 2.14. The van der Waals surface area contributed by atoms with Gasteiger partial charge in [-0.25, -0.2) is 9.97 Å². The molecule has 0 unspecified atom stereocenters. The van der Waals surface area contributed by atoms with E-state index in [2.05, 4.69) is 57.4 Å². The first kappa shape index (κ1) is 17.9. The van der Waals surface area contributed by atoms with Crippen LogP contribution in [0.3, 0.4) is 0 Å². The smallest absolute Gasteiger partial charge is 0.231 e. The van der Waals surface area contributed by atoms with E-state index >= 15 is 0 Å². The van der Waals surface area contributed by atoms with Crippen molar-refractivity contribution in [1.29, 1.82) is 0 Å². The van der Waals surface area contributed by atoms with Gasteiger partial charge < -0.3 is 5.32 Å². The van der Waals surface area contributed by atoms with Crippen molar-refractivity contribution >= 4 is 44.0 Å². The molecule has 7 heteroatoms. The van der Waals surface area contributed by atoms with Crippen LogP contribution >= 0.6 is 27.3 Å². The van der Waals surface area contributed by atoms with Crippen molar-refractivity contribution in [3.8, 4) is 11.3 Å². The Morgan fingerprint density at radius 2 is 2.04 bits per heavy atom. The fourth-order valence-electron chi connectivity index (χ4n) is 2.81. The Hall–Kier alpha value is -2.51. The quantitative estimate of drug-likeness (QED) is 0.476. The van der Waals surface area contributed by atoms with Crippen LogP contribution in [0.25, 0.3) is 16.2 Å². The second kappa shape index (κ2) is 7.62. The van der Waals surface area contributed by atoms with Crippen LogP contribution in [0.1, 0.15) is 18.2 Å². The van der Waals surface area contributed by atoms with Gasteiger partial charge in [-0.1, -0.05) is 31.2 Å². The van der Waals surface area contributed by atoms with Gasteiger partial charge in [0.15, 0.2) is 4.96 Å². The normalized spacial score (nSPS) is 11.0. The van der Waals surface area contributed by atoms with Gasteiger partial charge >= 0.3 is 0 Å². The predicted octanol–water partition coefficient (Wildman–Crippen LogP) is 4.96. The number of rotatable bonds is 5. The highest BCUT2D eigenvalue weighted by molar-refractivity contribution is 9.10. The number of hydrogen-bond donors (Lipinski definition) is 1. The molecule has 0 saturated carbocycles. The number of aryl methyl sites for hydroxylation is 1. The van der Waals surface area contributed by atoms with E-state index in [0.717, 1.165) is 32.8 Å². The first-order chi connectivity index (χ1) is 13.1.